The quantitative estimate of drug-likeness (QED) is 0.905. The van der Waals surface area contributed by atoms with Crippen LogP contribution in [0.1, 0.15) is 44.0 Å². The number of nitrogens with zero attached hydrogens (tertiary/aromatic N) is 4. The fourth-order valence-electron chi connectivity index (χ4n) is 3.07. The molecule has 2 unspecified atom stereocenters. The minimum atomic E-state index is 0.142. The van der Waals surface area contributed by atoms with Crippen molar-refractivity contribution in [2.75, 3.05) is 18.0 Å². The molecule has 108 valence electrons. The fraction of sp³-hybridized carbons (Fsp3) is 0.667. The van der Waals surface area contributed by atoms with E-state index in [0.717, 1.165) is 43.6 Å². The molecule has 1 aliphatic heterocycles. The third-order valence-electron chi connectivity index (χ3n) is 3.93. The first-order chi connectivity index (χ1) is 9.60. The maximum atomic E-state index is 9.54. The largest absolute Gasteiger partial charge is 0.352 e. The summed E-state index contributed by atoms with van der Waals surface area (Å²) >= 11 is 0. The molecule has 0 aromatic carbocycles. The third-order valence-corrected chi connectivity index (χ3v) is 3.93. The lowest BCUT2D eigenvalue weighted by molar-refractivity contribution is 0.399. The Morgan fingerprint density at radius 2 is 2.05 bits per heavy atom. The molecular weight excluding hydrogens is 250 g/mol. The smallest absolute Gasteiger partial charge is 0.169 e. The first kappa shape index (κ1) is 14.7. The summed E-state index contributed by atoms with van der Waals surface area (Å²) in [5.41, 5.74) is 8.75. The van der Waals surface area contributed by atoms with Crippen molar-refractivity contribution in [2.45, 2.75) is 46.1 Å². The van der Waals surface area contributed by atoms with E-state index in [1.807, 2.05) is 6.92 Å². The number of piperidine rings is 1. The van der Waals surface area contributed by atoms with Gasteiger partial charge in [-0.3, -0.25) is 0 Å². The topological polar surface area (TPSA) is 78.8 Å². The van der Waals surface area contributed by atoms with Crippen molar-refractivity contribution < 1.29 is 0 Å². The van der Waals surface area contributed by atoms with Gasteiger partial charge >= 0.3 is 0 Å². The summed E-state index contributed by atoms with van der Waals surface area (Å²) in [7, 11) is 0. The lowest BCUT2D eigenvalue weighted by Crippen LogP contribution is -2.47. The van der Waals surface area contributed by atoms with Crippen LogP contribution in [0.2, 0.25) is 0 Å². The zero-order valence-electron chi connectivity index (χ0n) is 12.6. The highest BCUT2D eigenvalue weighted by atomic mass is 15.3. The van der Waals surface area contributed by atoms with Crippen LogP contribution in [0.5, 0.6) is 0 Å². The van der Waals surface area contributed by atoms with E-state index in [1.165, 1.54) is 0 Å². The van der Waals surface area contributed by atoms with E-state index in [1.54, 1.807) is 0 Å². The average Bonchev–Trinajstić information content (AvgIpc) is 2.44. The average molecular weight is 273 g/mol. The Hall–Kier alpha value is -1.67. The normalized spacial score (nSPS) is 22.6. The van der Waals surface area contributed by atoms with Crippen molar-refractivity contribution >= 4 is 5.82 Å². The summed E-state index contributed by atoms with van der Waals surface area (Å²) in [6.45, 7) is 7.94. The molecule has 1 saturated heterocycles. The minimum Gasteiger partial charge on any atom is -0.352 e. The Balaban J connectivity index is 2.44. The number of anilines is 1. The van der Waals surface area contributed by atoms with E-state index >= 15 is 0 Å². The van der Waals surface area contributed by atoms with E-state index in [-0.39, 0.29) is 6.04 Å². The van der Waals surface area contributed by atoms with Crippen molar-refractivity contribution in [3.05, 3.63) is 16.8 Å². The van der Waals surface area contributed by atoms with E-state index in [9.17, 15) is 5.26 Å². The zero-order chi connectivity index (χ0) is 14.7. The fourth-order valence-corrected chi connectivity index (χ4v) is 3.07. The molecule has 0 amide bonds. The Bertz CT molecular complexity index is 510. The zero-order valence-corrected chi connectivity index (χ0v) is 12.6. The molecule has 2 rings (SSSR count). The molecule has 2 atom stereocenters. The second kappa shape index (κ2) is 6.19. The number of nitriles is 1. The Labute approximate surface area is 120 Å². The van der Waals surface area contributed by atoms with E-state index in [0.29, 0.717) is 17.3 Å². The highest BCUT2D eigenvalue weighted by Crippen LogP contribution is 2.27. The number of aryl methyl sites for hydroxylation is 1. The van der Waals surface area contributed by atoms with Crippen molar-refractivity contribution in [1.82, 2.24) is 10.2 Å². The summed E-state index contributed by atoms with van der Waals surface area (Å²) in [4.78, 5) is 2.13. The van der Waals surface area contributed by atoms with Gasteiger partial charge in [0.2, 0.25) is 0 Å². The van der Waals surface area contributed by atoms with Crippen molar-refractivity contribution in [3.8, 4) is 6.07 Å². The number of aromatic nitrogens is 2. The van der Waals surface area contributed by atoms with Crippen molar-refractivity contribution in [3.63, 3.8) is 0 Å². The van der Waals surface area contributed by atoms with Crippen molar-refractivity contribution in [2.24, 2.45) is 11.7 Å². The van der Waals surface area contributed by atoms with Crippen LogP contribution < -0.4 is 10.6 Å². The lowest BCUT2D eigenvalue weighted by Gasteiger charge is -2.36. The number of hydrogen-bond donors (Lipinski definition) is 1. The van der Waals surface area contributed by atoms with Gasteiger partial charge in [0.15, 0.2) is 5.82 Å². The predicted molar refractivity (Wildman–Crippen MR) is 79.5 cm³/mol. The standard InChI is InChI=1S/C15H23N5/c1-4-12-13(7-16)15(19-18-14(12)5-2)20-8-10(3)6-11(17)9-20/h10-11H,4-6,8-9,17H2,1-3H3. The van der Waals surface area contributed by atoms with Crippen LogP contribution in [0.3, 0.4) is 0 Å². The van der Waals surface area contributed by atoms with Gasteiger partial charge in [0.25, 0.3) is 0 Å². The van der Waals surface area contributed by atoms with Crippen LogP contribution in [-0.2, 0) is 12.8 Å². The van der Waals surface area contributed by atoms with E-state index in [2.05, 4.69) is 35.0 Å². The second-order valence-corrected chi connectivity index (χ2v) is 5.65. The molecule has 20 heavy (non-hydrogen) atoms. The SMILES string of the molecule is CCc1nnc(N2CC(C)CC(N)C2)c(C#N)c1CC. The summed E-state index contributed by atoms with van der Waals surface area (Å²) in [5, 5.41) is 18.2. The second-order valence-electron chi connectivity index (χ2n) is 5.65. The molecule has 2 heterocycles. The lowest BCUT2D eigenvalue weighted by atomic mass is 9.95. The van der Waals surface area contributed by atoms with Gasteiger partial charge in [0.05, 0.1) is 5.69 Å². The Morgan fingerprint density at radius 1 is 1.30 bits per heavy atom. The first-order valence-electron chi connectivity index (χ1n) is 7.39. The molecular formula is C15H23N5. The van der Waals surface area contributed by atoms with Gasteiger partial charge in [0.1, 0.15) is 11.6 Å². The maximum Gasteiger partial charge on any atom is 0.169 e. The van der Waals surface area contributed by atoms with Gasteiger partial charge in [-0.15, -0.1) is 5.10 Å². The van der Waals surface area contributed by atoms with Crippen molar-refractivity contribution in [1.29, 1.82) is 5.26 Å². The van der Waals surface area contributed by atoms with Crippen LogP contribution >= 0.6 is 0 Å². The van der Waals surface area contributed by atoms with Gasteiger partial charge in [-0.1, -0.05) is 20.8 Å². The highest BCUT2D eigenvalue weighted by molar-refractivity contribution is 5.58. The maximum absolute atomic E-state index is 9.54. The summed E-state index contributed by atoms with van der Waals surface area (Å²) in [6.07, 6.45) is 2.64. The van der Waals surface area contributed by atoms with Crippen LogP contribution in [0.15, 0.2) is 0 Å². The van der Waals surface area contributed by atoms with E-state index < -0.39 is 0 Å². The number of hydrogen-bond acceptors (Lipinski definition) is 5. The molecule has 1 fully saturated rings. The van der Waals surface area contributed by atoms with Gasteiger partial charge < -0.3 is 10.6 Å². The van der Waals surface area contributed by atoms with Crippen LogP contribution in [-0.4, -0.2) is 29.3 Å². The molecule has 1 aliphatic rings. The van der Waals surface area contributed by atoms with Crippen LogP contribution in [0, 0.1) is 17.2 Å². The molecule has 0 saturated carbocycles. The molecule has 2 N–H and O–H groups in total. The molecule has 1 aromatic rings. The predicted octanol–water partition coefficient (Wildman–Crippen LogP) is 1.65. The summed E-state index contributed by atoms with van der Waals surface area (Å²) in [6, 6.07) is 2.47. The third kappa shape index (κ3) is 2.75. The van der Waals surface area contributed by atoms with Gasteiger partial charge in [0, 0.05) is 19.1 Å². The Kier molecular flexibility index (Phi) is 4.56. The summed E-state index contributed by atoms with van der Waals surface area (Å²) in [5.74, 6) is 1.23. The summed E-state index contributed by atoms with van der Waals surface area (Å²) < 4.78 is 0. The van der Waals surface area contributed by atoms with E-state index in [4.69, 9.17) is 5.73 Å². The molecule has 0 radical (unpaired) electrons. The molecule has 0 bridgehead atoms. The number of rotatable bonds is 3. The number of nitrogens with two attached hydrogens (primary N) is 1. The molecule has 0 aliphatic carbocycles. The van der Waals surface area contributed by atoms with Crippen LogP contribution in [0.25, 0.3) is 0 Å². The van der Waals surface area contributed by atoms with Gasteiger partial charge in [-0.05, 0) is 30.7 Å². The Morgan fingerprint density at radius 3 is 2.60 bits per heavy atom. The first-order valence-corrected chi connectivity index (χ1v) is 7.39. The molecule has 5 nitrogen and oxygen atoms in total. The molecule has 0 spiro atoms. The molecule has 5 heteroatoms. The highest BCUT2D eigenvalue weighted by Gasteiger charge is 2.26. The molecule has 1 aromatic heterocycles. The van der Waals surface area contributed by atoms with Crippen LogP contribution in [0.4, 0.5) is 5.82 Å². The monoisotopic (exact) mass is 273 g/mol. The van der Waals surface area contributed by atoms with Gasteiger partial charge in [-0.25, -0.2) is 0 Å². The van der Waals surface area contributed by atoms with Gasteiger partial charge in [-0.2, -0.15) is 10.4 Å². The minimum absolute atomic E-state index is 0.142.